The van der Waals surface area contributed by atoms with Crippen molar-refractivity contribution in [3.8, 4) is 0 Å². The van der Waals surface area contributed by atoms with Gasteiger partial charge in [0.2, 0.25) is 0 Å². The van der Waals surface area contributed by atoms with Crippen LogP contribution in [0.4, 0.5) is 0 Å². The Morgan fingerprint density at radius 3 is 2.00 bits per heavy atom. The Morgan fingerprint density at radius 1 is 1.44 bits per heavy atom. The van der Waals surface area contributed by atoms with Gasteiger partial charge in [0.1, 0.15) is 0 Å². The van der Waals surface area contributed by atoms with Crippen LogP contribution in [0.15, 0.2) is 0 Å². The third kappa shape index (κ3) is 8.54. The average Bonchev–Trinajstić information content (AvgIpc) is 1.65. The minimum atomic E-state index is 0. The predicted molar refractivity (Wildman–Crippen MR) is 45.7 cm³/mol. The topological polar surface area (TPSA) is 3.24 Å². The molecule has 9 heavy (non-hydrogen) atoms. The number of alkyl halides is 1. The summed E-state index contributed by atoms with van der Waals surface area (Å²) in [6, 6.07) is 0. The lowest BCUT2D eigenvalue weighted by Gasteiger charge is -2.12. The summed E-state index contributed by atoms with van der Waals surface area (Å²) in [5, 5.41) is 0.324. The molecule has 0 radical (unpaired) electrons. The maximum atomic E-state index is 5.82. The minimum Gasteiger partial charge on any atom is -0.308 e. The van der Waals surface area contributed by atoms with E-state index in [-0.39, 0.29) is 12.4 Å². The highest BCUT2D eigenvalue weighted by Crippen LogP contribution is 2.00. The van der Waals surface area contributed by atoms with E-state index in [4.69, 9.17) is 11.6 Å². The minimum absolute atomic E-state index is 0. The van der Waals surface area contributed by atoms with Crippen molar-refractivity contribution >= 4 is 24.0 Å². The van der Waals surface area contributed by atoms with Crippen molar-refractivity contribution in [3.05, 3.63) is 0 Å². The molecule has 58 valence electrons. The van der Waals surface area contributed by atoms with Gasteiger partial charge in [-0.05, 0) is 20.5 Å². The normalized spacial score (nSPS) is 13.0. The maximum Gasteiger partial charge on any atom is 0.0460 e. The quantitative estimate of drug-likeness (QED) is 0.588. The van der Waals surface area contributed by atoms with E-state index in [1.165, 1.54) is 0 Å². The first kappa shape index (κ1) is 12.2. The second kappa shape index (κ2) is 6.66. The highest BCUT2D eigenvalue weighted by molar-refractivity contribution is 6.20. The van der Waals surface area contributed by atoms with Crippen LogP contribution in [-0.2, 0) is 0 Å². The molecular weight excluding hydrogens is 157 g/mol. The van der Waals surface area contributed by atoms with Crippen LogP contribution in [0.25, 0.3) is 0 Å². The SMILES string of the molecule is CCC(Cl)CN(C)C.Cl. The van der Waals surface area contributed by atoms with Crippen LogP contribution in [0, 0.1) is 0 Å². The molecule has 0 aromatic heterocycles. The molecule has 0 rings (SSSR count). The Bertz CT molecular complexity index is 57.0. The van der Waals surface area contributed by atoms with Gasteiger partial charge in [-0.15, -0.1) is 24.0 Å². The largest absolute Gasteiger partial charge is 0.308 e. The molecule has 0 aliphatic heterocycles. The molecule has 0 N–H and O–H groups in total. The van der Waals surface area contributed by atoms with Crippen molar-refractivity contribution in [1.29, 1.82) is 0 Å². The Labute approximate surface area is 68.8 Å². The first-order valence-corrected chi connectivity index (χ1v) is 3.39. The van der Waals surface area contributed by atoms with Crippen LogP contribution in [0.1, 0.15) is 13.3 Å². The van der Waals surface area contributed by atoms with E-state index in [0.717, 1.165) is 13.0 Å². The van der Waals surface area contributed by atoms with Crippen LogP contribution in [-0.4, -0.2) is 30.9 Å². The van der Waals surface area contributed by atoms with Crippen LogP contribution < -0.4 is 0 Å². The Morgan fingerprint density at radius 2 is 1.89 bits per heavy atom. The van der Waals surface area contributed by atoms with Gasteiger partial charge in [-0.3, -0.25) is 0 Å². The molecule has 0 aliphatic carbocycles. The molecule has 1 atom stereocenters. The van der Waals surface area contributed by atoms with Crippen LogP contribution >= 0.6 is 24.0 Å². The summed E-state index contributed by atoms with van der Waals surface area (Å²) in [6.45, 7) is 3.08. The zero-order valence-electron chi connectivity index (χ0n) is 6.22. The number of hydrogen-bond acceptors (Lipinski definition) is 1. The van der Waals surface area contributed by atoms with Gasteiger partial charge < -0.3 is 4.90 Å². The number of nitrogens with zero attached hydrogens (tertiary/aromatic N) is 1. The van der Waals surface area contributed by atoms with Gasteiger partial charge in [0.05, 0.1) is 0 Å². The van der Waals surface area contributed by atoms with Gasteiger partial charge in [0.15, 0.2) is 0 Å². The van der Waals surface area contributed by atoms with Crippen molar-refractivity contribution in [3.63, 3.8) is 0 Å². The summed E-state index contributed by atoms with van der Waals surface area (Å²) in [7, 11) is 4.07. The smallest absolute Gasteiger partial charge is 0.0460 e. The zero-order chi connectivity index (χ0) is 6.57. The van der Waals surface area contributed by atoms with E-state index in [1.54, 1.807) is 0 Å². The van der Waals surface area contributed by atoms with Gasteiger partial charge in [-0.25, -0.2) is 0 Å². The first-order chi connectivity index (χ1) is 3.66. The molecule has 0 fully saturated rings. The predicted octanol–water partition coefficient (Wildman–Crippen LogP) is 1.99. The van der Waals surface area contributed by atoms with Gasteiger partial charge >= 0.3 is 0 Å². The number of rotatable bonds is 3. The van der Waals surface area contributed by atoms with Crippen molar-refractivity contribution in [2.75, 3.05) is 20.6 Å². The monoisotopic (exact) mass is 171 g/mol. The van der Waals surface area contributed by atoms with Crippen molar-refractivity contribution < 1.29 is 0 Å². The van der Waals surface area contributed by atoms with Crippen molar-refractivity contribution in [1.82, 2.24) is 4.90 Å². The average molecular weight is 172 g/mol. The molecule has 0 aromatic carbocycles. The molecule has 0 aromatic rings. The first-order valence-electron chi connectivity index (χ1n) is 2.95. The molecular formula is C6H15Cl2N. The standard InChI is InChI=1S/C6H14ClN.ClH/c1-4-6(7)5-8(2)3;/h6H,4-5H2,1-3H3;1H. The highest BCUT2D eigenvalue weighted by Gasteiger charge is 2.00. The molecule has 0 saturated heterocycles. The van der Waals surface area contributed by atoms with Gasteiger partial charge in [-0.2, -0.15) is 0 Å². The lowest BCUT2D eigenvalue weighted by atomic mass is 10.3. The third-order valence-corrected chi connectivity index (χ3v) is 1.45. The summed E-state index contributed by atoms with van der Waals surface area (Å²) >= 11 is 5.82. The fraction of sp³-hybridized carbons (Fsp3) is 1.00. The fourth-order valence-corrected chi connectivity index (χ4v) is 0.801. The summed E-state index contributed by atoms with van der Waals surface area (Å²) in [5.41, 5.74) is 0. The Kier molecular flexibility index (Phi) is 9.05. The summed E-state index contributed by atoms with van der Waals surface area (Å²) in [6.07, 6.45) is 1.06. The van der Waals surface area contributed by atoms with Crippen LogP contribution in [0.2, 0.25) is 0 Å². The summed E-state index contributed by atoms with van der Waals surface area (Å²) in [5.74, 6) is 0. The molecule has 0 bridgehead atoms. The number of hydrogen-bond donors (Lipinski definition) is 0. The van der Waals surface area contributed by atoms with Crippen molar-refractivity contribution in [2.45, 2.75) is 18.7 Å². The van der Waals surface area contributed by atoms with E-state index < -0.39 is 0 Å². The molecule has 0 aliphatic rings. The van der Waals surface area contributed by atoms with E-state index in [2.05, 4.69) is 11.8 Å². The molecule has 0 heterocycles. The van der Waals surface area contributed by atoms with E-state index >= 15 is 0 Å². The van der Waals surface area contributed by atoms with E-state index in [1.807, 2.05) is 14.1 Å². The van der Waals surface area contributed by atoms with Gasteiger partial charge in [0, 0.05) is 11.9 Å². The third-order valence-electron chi connectivity index (χ3n) is 1.01. The summed E-state index contributed by atoms with van der Waals surface area (Å²) < 4.78 is 0. The van der Waals surface area contributed by atoms with Gasteiger partial charge in [0.25, 0.3) is 0 Å². The maximum absolute atomic E-state index is 5.82. The Balaban J connectivity index is 0. The van der Waals surface area contributed by atoms with E-state index in [9.17, 15) is 0 Å². The molecule has 0 saturated carbocycles. The fourth-order valence-electron chi connectivity index (χ4n) is 0.525. The van der Waals surface area contributed by atoms with Crippen LogP contribution in [0.5, 0.6) is 0 Å². The van der Waals surface area contributed by atoms with Crippen molar-refractivity contribution in [2.24, 2.45) is 0 Å². The second-order valence-electron chi connectivity index (χ2n) is 2.27. The Hall–Kier alpha value is 0.540. The second-order valence-corrected chi connectivity index (χ2v) is 2.88. The molecule has 0 spiro atoms. The molecule has 1 nitrogen and oxygen atoms in total. The lowest BCUT2D eigenvalue weighted by Crippen LogP contribution is -2.21. The highest BCUT2D eigenvalue weighted by atomic mass is 35.5. The zero-order valence-corrected chi connectivity index (χ0v) is 7.80. The summed E-state index contributed by atoms with van der Waals surface area (Å²) in [4.78, 5) is 2.10. The van der Waals surface area contributed by atoms with E-state index in [0.29, 0.717) is 5.38 Å². The van der Waals surface area contributed by atoms with Crippen LogP contribution in [0.3, 0.4) is 0 Å². The lowest BCUT2D eigenvalue weighted by molar-refractivity contribution is 0.401. The number of halogens is 2. The van der Waals surface area contributed by atoms with Gasteiger partial charge in [-0.1, -0.05) is 6.92 Å². The molecule has 1 unspecified atom stereocenters. The molecule has 0 amide bonds. The molecule has 3 heteroatoms.